The summed E-state index contributed by atoms with van der Waals surface area (Å²) in [5, 5.41) is 13.7. The van der Waals surface area contributed by atoms with E-state index in [2.05, 4.69) is 4.98 Å². The summed E-state index contributed by atoms with van der Waals surface area (Å²) >= 11 is 0.571. The summed E-state index contributed by atoms with van der Waals surface area (Å²) < 4.78 is 138. The number of thiazole rings is 1. The fraction of sp³-hybridized carbons (Fsp3) is 0.238. The normalized spacial score (nSPS) is 23.2. The number of amides is 1. The van der Waals surface area contributed by atoms with Gasteiger partial charge in [-0.15, -0.1) is 11.3 Å². The van der Waals surface area contributed by atoms with Gasteiger partial charge in [-0.05, 0) is 36.1 Å². The lowest BCUT2D eigenvalue weighted by Gasteiger charge is -2.12. The number of aromatic nitrogens is 1. The van der Waals surface area contributed by atoms with Crippen molar-refractivity contribution in [1.29, 1.82) is 0 Å². The third-order valence-electron chi connectivity index (χ3n) is 2.89. The Morgan fingerprint density at radius 1 is 1.29 bits per heavy atom. The zero-order chi connectivity index (χ0) is 34.8. The number of hydrogen-bond acceptors (Lipinski definition) is 6. The van der Waals surface area contributed by atoms with Crippen molar-refractivity contribution in [2.45, 2.75) is 18.8 Å². The first-order valence-corrected chi connectivity index (χ1v) is 8.35. The van der Waals surface area contributed by atoms with Crippen LogP contribution in [-0.2, 0) is 17.5 Å². The minimum atomic E-state index is -3.49. The van der Waals surface area contributed by atoms with E-state index in [9.17, 15) is 9.90 Å². The number of rotatable bonds is 9. The number of carbonyl (C=O) groups excluding carboxylic acids is 1. The summed E-state index contributed by atoms with van der Waals surface area (Å²) in [7, 11) is 0. The van der Waals surface area contributed by atoms with Crippen LogP contribution in [0.1, 0.15) is 46.2 Å². The fourth-order valence-electron chi connectivity index (χ4n) is 1.72. The van der Waals surface area contributed by atoms with Gasteiger partial charge in [-0.25, -0.2) is 4.98 Å². The Labute approximate surface area is 192 Å². The number of nitrogen functional groups attached to an aromatic ring is 1. The summed E-state index contributed by atoms with van der Waals surface area (Å²) in [6.07, 6.45) is -9.64. The van der Waals surface area contributed by atoms with Gasteiger partial charge in [0.2, 0.25) is 5.91 Å². The molecule has 28 heavy (non-hydrogen) atoms. The Bertz CT molecular complexity index is 1640. The van der Waals surface area contributed by atoms with Crippen LogP contribution >= 0.6 is 11.3 Å². The molecule has 6 nitrogen and oxygen atoms in total. The molecule has 0 aliphatic carbocycles. The molecule has 5 N–H and O–H groups in total. The first-order valence-electron chi connectivity index (χ1n) is 16.0. The second-order valence-corrected chi connectivity index (χ2v) is 5.71. The number of aliphatic hydroxyl groups is 1. The van der Waals surface area contributed by atoms with E-state index in [-0.39, 0.29) is 5.13 Å². The molecule has 7 heteroatoms. The van der Waals surface area contributed by atoms with Gasteiger partial charge in [-0.3, -0.25) is 4.79 Å². The molecule has 0 radical (unpaired) electrons. The van der Waals surface area contributed by atoms with Crippen molar-refractivity contribution in [3.05, 3.63) is 76.6 Å². The summed E-state index contributed by atoms with van der Waals surface area (Å²) in [6.45, 7) is -4.70. The van der Waals surface area contributed by atoms with Crippen molar-refractivity contribution in [3.8, 4) is 0 Å². The van der Waals surface area contributed by atoms with Crippen molar-refractivity contribution < 1.29 is 33.2 Å². The Kier molecular flexibility index (Phi) is 2.71. The van der Waals surface area contributed by atoms with E-state index in [0.29, 0.717) is 11.3 Å². The Morgan fingerprint density at radius 2 is 2.04 bits per heavy atom. The molecule has 146 valence electrons. The van der Waals surface area contributed by atoms with E-state index in [4.69, 9.17) is 29.0 Å². The van der Waals surface area contributed by atoms with Crippen molar-refractivity contribution in [1.82, 2.24) is 10.3 Å². The van der Waals surface area contributed by atoms with Crippen LogP contribution in [0.5, 0.6) is 0 Å². The standard InChI is InChI=1S/C21H24N4O2S/c22-21-25-18(14-28-21)12-20(27)24-17-8-6-15(7-9-17)10-11-23-13-19(26)16-4-2-1-3-5-16/h1-9,14,19,23,26H,10-13H2,(H2,22,25)(H,24,27)/t19-/m0/s1/i1D,2D,3D,4D,5D,6D,7D,8D,9D,10D2,11D2,12D2,14D,19D. The SMILES string of the molecule is [2H]c1sc(N)nc1C([2H])([2H])C(=O)Nc1c([2H])c([2H])c(C([2H])([2H])C([2H])([2H])NC[C@]([2H])(O)c2c([2H])c([2H])c([2H])c([2H])c2[2H])c([2H])c1[2H]. The molecule has 0 fully saturated rings. The van der Waals surface area contributed by atoms with Gasteiger partial charge in [0, 0.05) is 25.8 Å². The molecule has 0 aliphatic heterocycles. The van der Waals surface area contributed by atoms with Crippen molar-refractivity contribution >= 4 is 28.1 Å². The quantitative estimate of drug-likeness (QED) is 0.432. The van der Waals surface area contributed by atoms with Gasteiger partial charge in [-0.2, -0.15) is 0 Å². The lowest BCUT2D eigenvalue weighted by molar-refractivity contribution is -0.115. The van der Waals surface area contributed by atoms with Gasteiger partial charge in [0.15, 0.2) is 5.13 Å². The number of anilines is 2. The molecule has 1 heterocycles. The molecule has 0 saturated heterocycles. The number of nitrogens with two attached hydrogens (primary N) is 1. The second kappa shape index (κ2) is 9.98. The largest absolute Gasteiger partial charge is 0.387 e. The van der Waals surface area contributed by atoms with E-state index in [0.717, 1.165) is 0 Å². The first kappa shape index (κ1) is 7.59. The number of hydrogen-bond donors (Lipinski definition) is 4. The Morgan fingerprint density at radius 3 is 2.71 bits per heavy atom. The van der Waals surface area contributed by atoms with Gasteiger partial charge in [0.05, 0.1) is 33.2 Å². The first-order chi connectivity index (χ1) is 20.3. The van der Waals surface area contributed by atoms with Crippen LogP contribution in [0, 0.1) is 0 Å². The lowest BCUT2D eigenvalue weighted by atomic mass is 10.1. The van der Waals surface area contributed by atoms with Gasteiger partial charge in [-0.1, -0.05) is 42.3 Å². The molecule has 0 aliphatic rings. The average molecular weight is 414 g/mol. The topological polar surface area (TPSA) is 100 Å². The minimum absolute atomic E-state index is 0.220. The third kappa shape index (κ3) is 6.16. The molecule has 1 atom stereocenters. The highest BCUT2D eigenvalue weighted by molar-refractivity contribution is 7.13. The second-order valence-electron chi connectivity index (χ2n) is 4.88. The predicted octanol–water partition coefficient (Wildman–Crippen LogP) is 2.77. The molecule has 0 spiro atoms. The van der Waals surface area contributed by atoms with E-state index >= 15 is 0 Å². The number of carbonyl (C=O) groups is 1. The summed E-state index contributed by atoms with van der Waals surface area (Å²) in [4.78, 5) is 16.4. The number of nitrogens with one attached hydrogen (secondary N) is 2. The highest BCUT2D eigenvalue weighted by Crippen LogP contribution is 2.14. The smallest absolute Gasteiger partial charge is 0.230 e. The van der Waals surface area contributed by atoms with Gasteiger partial charge < -0.3 is 21.5 Å². The van der Waals surface area contributed by atoms with Gasteiger partial charge in [0.25, 0.3) is 0 Å². The summed E-state index contributed by atoms with van der Waals surface area (Å²) in [6, 6.07) is -9.13. The summed E-state index contributed by atoms with van der Waals surface area (Å²) in [5.41, 5.74) is 1.76. The van der Waals surface area contributed by atoms with Crippen LogP contribution in [0.3, 0.4) is 0 Å². The van der Waals surface area contributed by atoms with Gasteiger partial charge in [0.1, 0.15) is 0 Å². The molecular formula is C21H24N4O2S. The van der Waals surface area contributed by atoms with Crippen molar-refractivity contribution in [2.24, 2.45) is 0 Å². The molecule has 3 aromatic rings. The van der Waals surface area contributed by atoms with Crippen molar-refractivity contribution in [2.75, 3.05) is 24.1 Å². The molecule has 0 unspecified atom stereocenters. The van der Waals surface area contributed by atoms with Crippen LogP contribution in [0.15, 0.2) is 59.7 Å². The minimum Gasteiger partial charge on any atom is -0.387 e. The molecule has 1 amide bonds. The van der Waals surface area contributed by atoms with E-state index in [1.54, 1.807) is 0 Å². The Hall–Kier alpha value is -2.74. The van der Waals surface area contributed by atoms with Crippen LogP contribution in [0.2, 0.25) is 0 Å². The van der Waals surface area contributed by atoms with E-state index in [1.165, 1.54) is 0 Å². The van der Waals surface area contributed by atoms with E-state index in [1.807, 2.05) is 10.6 Å². The zero-order valence-electron chi connectivity index (χ0n) is 31.0. The van der Waals surface area contributed by atoms with Gasteiger partial charge >= 0.3 is 0 Å². The predicted molar refractivity (Wildman–Crippen MR) is 113 cm³/mol. The zero-order valence-corrected chi connectivity index (χ0v) is 14.8. The highest BCUT2D eigenvalue weighted by atomic mass is 32.1. The molecule has 0 saturated carbocycles. The average Bonchev–Trinajstić information content (AvgIpc) is 3.29. The van der Waals surface area contributed by atoms with E-state index < -0.39 is 120 Å². The maximum Gasteiger partial charge on any atom is 0.230 e. The third-order valence-corrected chi connectivity index (χ3v) is 3.49. The van der Waals surface area contributed by atoms with Crippen LogP contribution in [-0.4, -0.2) is 29.0 Å². The number of nitrogens with zero attached hydrogens (tertiary/aromatic N) is 1. The van der Waals surface area contributed by atoms with Crippen LogP contribution < -0.4 is 16.4 Å². The maximum absolute atomic E-state index is 12.8. The lowest BCUT2D eigenvalue weighted by Crippen LogP contribution is -2.23. The summed E-state index contributed by atoms with van der Waals surface area (Å²) in [5.74, 6) is -1.56. The molecular weight excluding hydrogens is 372 g/mol. The fourth-order valence-corrected chi connectivity index (χ4v) is 2.15. The highest BCUT2D eigenvalue weighted by Gasteiger charge is 2.08. The maximum atomic E-state index is 12.8. The molecule has 3 rings (SSSR count). The molecule has 1 aromatic heterocycles. The van der Waals surface area contributed by atoms with Crippen LogP contribution in [0.25, 0.3) is 0 Å². The Balaban J connectivity index is 2.00. The molecule has 0 bridgehead atoms. The number of benzene rings is 2. The molecule has 2 aromatic carbocycles. The monoisotopic (exact) mass is 413 g/mol. The van der Waals surface area contributed by atoms with Crippen LogP contribution in [0.4, 0.5) is 10.8 Å². The van der Waals surface area contributed by atoms with Crippen molar-refractivity contribution in [3.63, 3.8) is 0 Å².